The molecule has 0 aliphatic heterocycles. The van der Waals surface area contributed by atoms with E-state index in [0.717, 1.165) is 12.8 Å². The number of alkyl carbamates (subject to hydrolysis) is 1. The van der Waals surface area contributed by atoms with Crippen LogP contribution in [-0.4, -0.2) is 54.2 Å². The SMILES string of the molecule is CC(C(=O)O)N(C)C(=O)CC1CC(CNC(=O)OCC2c3ccccc3-c3ccccc32)C1. The fourth-order valence-electron chi connectivity index (χ4n) is 4.86. The lowest BCUT2D eigenvalue weighted by Gasteiger charge is -2.36. The van der Waals surface area contributed by atoms with Crippen molar-refractivity contribution in [2.45, 2.75) is 38.1 Å². The fourth-order valence-corrected chi connectivity index (χ4v) is 4.86. The fraction of sp³-hybridized carbons (Fsp3) is 0.423. The molecule has 0 spiro atoms. The number of rotatable bonds is 8. The van der Waals surface area contributed by atoms with E-state index in [1.54, 1.807) is 0 Å². The van der Waals surface area contributed by atoms with Crippen molar-refractivity contribution < 1.29 is 24.2 Å². The molecule has 7 nitrogen and oxygen atoms in total. The second-order valence-corrected chi connectivity index (χ2v) is 9.13. The zero-order chi connectivity index (χ0) is 23.5. The third-order valence-electron chi connectivity index (χ3n) is 7.01. The number of carbonyl (C=O) groups is 3. The second-order valence-electron chi connectivity index (χ2n) is 9.13. The summed E-state index contributed by atoms with van der Waals surface area (Å²) >= 11 is 0. The number of ether oxygens (including phenoxy) is 1. The van der Waals surface area contributed by atoms with Crippen LogP contribution < -0.4 is 5.32 Å². The second kappa shape index (κ2) is 9.65. The Labute approximate surface area is 193 Å². The molecular weight excluding hydrogens is 420 g/mol. The van der Waals surface area contributed by atoms with Crippen molar-refractivity contribution in [1.82, 2.24) is 10.2 Å². The van der Waals surface area contributed by atoms with Crippen LogP contribution >= 0.6 is 0 Å². The van der Waals surface area contributed by atoms with Gasteiger partial charge < -0.3 is 20.1 Å². The Morgan fingerprint density at radius 2 is 1.61 bits per heavy atom. The van der Waals surface area contributed by atoms with Crippen molar-refractivity contribution >= 4 is 18.0 Å². The summed E-state index contributed by atoms with van der Waals surface area (Å²) < 4.78 is 5.56. The molecule has 174 valence electrons. The summed E-state index contributed by atoms with van der Waals surface area (Å²) in [5.41, 5.74) is 4.75. The molecule has 2 aromatic carbocycles. The Kier molecular flexibility index (Phi) is 6.67. The first-order valence-corrected chi connectivity index (χ1v) is 11.4. The van der Waals surface area contributed by atoms with Crippen molar-refractivity contribution in [2.75, 3.05) is 20.2 Å². The minimum Gasteiger partial charge on any atom is -0.480 e. The monoisotopic (exact) mass is 450 g/mol. The number of aliphatic carboxylic acids is 1. The number of carboxylic acids is 1. The van der Waals surface area contributed by atoms with Crippen LogP contribution in [0.25, 0.3) is 11.1 Å². The Morgan fingerprint density at radius 3 is 2.18 bits per heavy atom. The van der Waals surface area contributed by atoms with Crippen LogP contribution in [-0.2, 0) is 14.3 Å². The molecule has 4 rings (SSSR count). The van der Waals surface area contributed by atoms with Crippen LogP contribution in [0.4, 0.5) is 4.79 Å². The zero-order valence-corrected chi connectivity index (χ0v) is 19.0. The normalized spacial score (nSPS) is 19.6. The summed E-state index contributed by atoms with van der Waals surface area (Å²) in [6.07, 6.45) is 1.59. The summed E-state index contributed by atoms with van der Waals surface area (Å²) in [6, 6.07) is 15.6. The molecule has 1 fully saturated rings. The molecule has 2 aromatic rings. The number of carbonyl (C=O) groups excluding carboxylic acids is 2. The van der Waals surface area contributed by atoms with Crippen LogP contribution in [0.5, 0.6) is 0 Å². The number of likely N-dealkylation sites (N-methyl/N-ethyl adjacent to an activating group) is 1. The largest absolute Gasteiger partial charge is 0.480 e. The maximum Gasteiger partial charge on any atom is 0.407 e. The van der Waals surface area contributed by atoms with Crippen LogP contribution in [0.15, 0.2) is 48.5 Å². The van der Waals surface area contributed by atoms with Gasteiger partial charge in [-0.3, -0.25) is 4.79 Å². The Hall–Kier alpha value is -3.35. The number of carboxylic acid groups (broad SMARTS) is 1. The number of hydrogen-bond acceptors (Lipinski definition) is 4. The Bertz CT molecular complexity index is 1000. The van der Waals surface area contributed by atoms with Gasteiger partial charge in [0.15, 0.2) is 0 Å². The highest BCUT2D eigenvalue weighted by molar-refractivity contribution is 5.83. The molecule has 0 heterocycles. The molecule has 0 saturated heterocycles. The van der Waals surface area contributed by atoms with Gasteiger partial charge in [-0.05, 0) is 53.9 Å². The molecule has 2 N–H and O–H groups in total. The minimum absolute atomic E-state index is 0.0347. The van der Waals surface area contributed by atoms with Gasteiger partial charge in [0.25, 0.3) is 0 Å². The molecule has 2 aliphatic rings. The van der Waals surface area contributed by atoms with Gasteiger partial charge in [0.1, 0.15) is 12.6 Å². The van der Waals surface area contributed by atoms with E-state index in [-0.39, 0.29) is 24.3 Å². The number of nitrogens with zero attached hydrogens (tertiary/aromatic N) is 1. The first-order chi connectivity index (χ1) is 15.8. The van der Waals surface area contributed by atoms with Crippen molar-refractivity contribution in [2.24, 2.45) is 11.8 Å². The first kappa shape index (κ1) is 22.8. The molecule has 33 heavy (non-hydrogen) atoms. The minimum atomic E-state index is -1.01. The van der Waals surface area contributed by atoms with Gasteiger partial charge >= 0.3 is 12.1 Å². The lowest BCUT2D eigenvalue weighted by Crippen LogP contribution is -2.43. The van der Waals surface area contributed by atoms with Crippen LogP contribution in [0.2, 0.25) is 0 Å². The summed E-state index contributed by atoms with van der Waals surface area (Å²) in [5.74, 6) is -0.587. The summed E-state index contributed by atoms with van der Waals surface area (Å²) in [4.78, 5) is 36.8. The van der Waals surface area contributed by atoms with Crippen LogP contribution in [0.3, 0.4) is 0 Å². The third-order valence-corrected chi connectivity index (χ3v) is 7.01. The number of benzene rings is 2. The average Bonchev–Trinajstić information content (AvgIpc) is 3.11. The van der Waals surface area contributed by atoms with E-state index in [4.69, 9.17) is 9.84 Å². The van der Waals surface area contributed by atoms with Gasteiger partial charge in [-0.2, -0.15) is 0 Å². The van der Waals surface area contributed by atoms with Gasteiger partial charge in [0, 0.05) is 25.9 Å². The smallest absolute Gasteiger partial charge is 0.407 e. The molecule has 2 amide bonds. The number of fused-ring (bicyclic) bond motifs is 3. The van der Waals surface area contributed by atoms with Crippen molar-refractivity contribution in [1.29, 1.82) is 0 Å². The van der Waals surface area contributed by atoms with E-state index in [9.17, 15) is 14.4 Å². The quantitative estimate of drug-likeness (QED) is 0.637. The van der Waals surface area contributed by atoms with E-state index in [1.165, 1.54) is 41.1 Å². The average molecular weight is 451 g/mol. The third kappa shape index (κ3) is 4.87. The van der Waals surface area contributed by atoms with E-state index in [1.807, 2.05) is 24.3 Å². The van der Waals surface area contributed by atoms with E-state index in [2.05, 4.69) is 29.6 Å². The van der Waals surface area contributed by atoms with Crippen LogP contribution in [0.1, 0.15) is 43.2 Å². The molecule has 0 bridgehead atoms. The van der Waals surface area contributed by atoms with Gasteiger partial charge in [-0.25, -0.2) is 9.59 Å². The highest BCUT2D eigenvalue weighted by Gasteiger charge is 2.33. The molecule has 1 unspecified atom stereocenters. The highest BCUT2D eigenvalue weighted by atomic mass is 16.5. The Morgan fingerprint density at radius 1 is 1.03 bits per heavy atom. The molecule has 2 aliphatic carbocycles. The van der Waals surface area contributed by atoms with Crippen molar-refractivity contribution in [3.05, 3.63) is 59.7 Å². The first-order valence-electron chi connectivity index (χ1n) is 11.4. The number of hydrogen-bond donors (Lipinski definition) is 2. The van der Waals surface area contributed by atoms with Gasteiger partial charge in [0.05, 0.1) is 0 Å². The predicted octanol–water partition coefficient (Wildman–Crippen LogP) is 3.87. The molecule has 1 saturated carbocycles. The van der Waals surface area contributed by atoms with E-state index >= 15 is 0 Å². The van der Waals surface area contributed by atoms with Gasteiger partial charge in [-0.15, -0.1) is 0 Å². The summed E-state index contributed by atoms with van der Waals surface area (Å²) in [7, 11) is 1.52. The maximum absolute atomic E-state index is 12.3. The van der Waals surface area contributed by atoms with Gasteiger partial charge in [0.2, 0.25) is 5.91 Å². The van der Waals surface area contributed by atoms with E-state index < -0.39 is 18.1 Å². The van der Waals surface area contributed by atoms with Crippen LogP contribution in [0, 0.1) is 11.8 Å². The van der Waals surface area contributed by atoms with Crippen molar-refractivity contribution in [3.63, 3.8) is 0 Å². The standard InChI is InChI=1S/C26H30N2O5/c1-16(25(30)31)28(2)24(29)13-17-11-18(12-17)14-27-26(32)33-15-23-21-9-5-3-7-19(21)20-8-4-6-10-22(20)23/h3-10,16-18,23H,11-15H2,1-2H3,(H,27,32)(H,30,31). The number of amides is 2. The summed E-state index contributed by atoms with van der Waals surface area (Å²) in [5, 5.41) is 11.9. The lowest BCUT2D eigenvalue weighted by atomic mass is 9.73. The highest BCUT2D eigenvalue weighted by Crippen LogP contribution is 2.44. The molecular formula is C26H30N2O5. The lowest BCUT2D eigenvalue weighted by molar-refractivity contribution is -0.149. The van der Waals surface area contributed by atoms with Crippen molar-refractivity contribution in [3.8, 4) is 11.1 Å². The predicted molar refractivity (Wildman–Crippen MR) is 124 cm³/mol. The molecule has 1 atom stereocenters. The Balaban J connectivity index is 1.20. The number of nitrogens with one attached hydrogen (secondary N) is 1. The zero-order valence-electron chi connectivity index (χ0n) is 19.0. The molecule has 7 heteroatoms. The molecule has 0 aromatic heterocycles. The van der Waals surface area contributed by atoms with E-state index in [0.29, 0.717) is 18.9 Å². The topological polar surface area (TPSA) is 95.9 Å². The maximum atomic E-state index is 12.3. The van der Waals surface area contributed by atoms with Gasteiger partial charge in [-0.1, -0.05) is 48.5 Å². The molecule has 0 radical (unpaired) electrons. The summed E-state index contributed by atoms with van der Waals surface area (Å²) in [6.45, 7) is 2.31.